The third-order valence-electron chi connectivity index (χ3n) is 2.58. The van der Waals surface area contributed by atoms with Gasteiger partial charge in [0.2, 0.25) is 0 Å². The second-order valence-electron chi connectivity index (χ2n) is 3.65. The summed E-state index contributed by atoms with van der Waals surface area (Å²) in [5.74, 6) is 0.678. The van der Waals surface area contributed by atoms with Gasteiger partial charge in [0.1, 0.15) is 0 Å². The Bertz CT molecular complexity index is 328. The molecule has 2 heteroatoms. The van der Waals surface area contributed by atoms with Gasteiger partial charge >= 0.3 is 0 Å². The molecular formula is C11H12N2. The number of likely N-dealkylation sites (tertiary alicyclic amines) is 1. The molecular weight excluding hydrogens is 160 g/mol. The van der Waals surface area contributed by atoms with E-state index in [4.69, 9.17) is 5.26 Å². The average molecular weight is 172 g/mol. The summed E-state index contributed by atoms with van der Waals surface area (Å²) < 4.78 is 0. The van der Waals surface area contributed by atoms with Crippen molar-refractivity contribution in [2.24, 2.45) is 0 Å². The number of nitriles is 1. The van der Waals surface area contributed by atoms with E-state index in [1.807, 2.05) is 12.1 Å². The molecule has 0 radical (unpaired) electrons. The van der Waals surface area contributed by atoms with E-state index >= 15 is 0 Å². The molecule has 1 aliphatic heterocycles. The van der Waals surface area contributed by atoms with Gasteiger partial charge in [0.05, 0.1) is 11.6 Å². The Balaban J connectivity index is 2.11. The molecule has 2 nitrogen and oxygen atoms in total. The van der Waals surface area contributed by atoms with Crippen LogP contribution in [0.4, 0.5) is 0 Å². The van der Waals surface area contributed by atoms with Gasteiger partial charge in [0, 0.05) is 19.0 Å². The van der Waals surface area contributed by atoms with Gasteiger partial charge in [-0.25, -0.2) is 0 Å². The van der Waals surface area contributed by atoms with Gasteiger partial charge in [-0.15, -0.1) is 0 Å². The lowest BCUT2D eigenvalue weighted by Crippen LogP contribution is -2.41. The van der Waals surface area contributed by atoms with Gasteiger partial charge in [-0.3, -0.25) is 0 Å². The van der Waals surface area contributed by atoms with E-state index in [0.29, 0.717) is 5.92 Å². The average Bonchev–Trinajstić information content (AvgIpc) is 2.13. The highest BCUT2D eigenvalue weighted by atomic mass is 15.2. The van der Waals surface area contributed by atoms with Crippen molar-refractivity contribution in [3.05, 3.63) is 35.4 Å². The number of nitrogens with zero attached hydrogens (tertiary/aromatic N) is 2. The van der Waals surface area contributed by atoms with Crippen molar-refractivity contribution in [1.82, 2.24) is 4.90 Å². The molecule has 1 saturated heterocycles. The monoisotopic (exact) mass is 172 g/mol. The summed E-state index contributed by atoms with van der Waals surface area (Å²) in [5.41, 5.74) is 2.11. The Morgan fingerprint density at radius 2 is 1.92 bits per heavy atom. The summed E-state index contributed by atoms with van der Waals surface area (Å²) >= 11 is 0. The first-order valence-corrected chi connectivity index (χ1v) is 4.48. The van der Waals surface area contributed by atoms with Gasteiger partial charge < -0.3 is 4.90 Å². The van der Waals surface area contributed by atoms with Crippen LogP contribution in [0, 0.1) is 11.3 Å². The molecule has 0 atom stereocenters. The molecule has 2 rings (SSSR count). The number of benzene rings is 1. The van der Waals surface area contributed by atoms with E-state index < -0.39 is 0 Å². The van der Waals surface area contributed by atoms with E-state index in [1.165, 1.54) is 5.56 Å². The van der Waals surface area contributed by atoms with E-state index in [1.54, 1.807) is 0 Å². The first-order chi connectivity index (χ1) is 6.29. The standard InChI is InChI=1S/C11H12N2/c1-13-7-11(8-13)10-4-2-9(6-12)3-5-10/h2-5,11H,7-8H2,1H3. The second-order valence-corrected chi connectivity index (χ2v) is 3.65. The van der Waals surface area contributed by atoms with Gasteiger partial charge in [-0.2, -0.15) is 5.26 Å². The van der Waals surface area contributed by atoms with Crippen molar-refractivity contribution in [3.63, 3.8) is 0 Å². The maximum absolute atomic E-state index is 8.62. The predicted octanol–water partition coefficient (Wildman–Crippen LogP) is 1.59. The van der Waals surface area contributed by atoms with Gasteiger partial charge in [-0.1, -0.05) is 12.1 Å². The minimum Gasteiger partial charge on any atom is -0.305 e. The first-order valence-electron chi connectivity index (χ1n) is 4.48. The van der Waals surface area contributed by atoms with Crippen molar-refractivity contribution < 1.29 is 0 Å². The smallest absolute Gasteiger partial charge is 0.0991 e. The number of hydrogen-bond acceptors (Lipinski definition) is 2. The minimum atomic E-state index is 0.678. The third-order valence-corrected chi connectivity index (χ3v) is 2.58. The van der Waals surface area contributed by atoms with Crippen molar-refractivity contribution in [2.45, 2.75) is 5.92 Å². The summed E-state index contributed by atoms with van der Waals surface area (Å²) in [7, 11) is 2.13. The maximum Gasteiger partial charge on any atom is 0.0991 e. The molecule has 1 fully saturated rings. The van der Waals surface area contributed by atoms with E-state index in [-0.39, 0.29) is 0 Å². The number of hydrogen-bond donors (Lipinski definition) is 0. The zero-order valence-corrected chi connectivity index (χ0v) is 7.70. The van der Waals surface area contributed by atoms with Crippen LogP contribution in [-0.2, 0) is 0 Å². The highest BCUT2D eigenvalue weighted by Crippen LogP contribution is 2.25. The summed E-state index contributed by atoms with van der Waals surface area (Å²) in [5, 5.41) is 8.62. The van der Waals surface area contributed by atoms with Crippen molar-refractivity contribution in [1.29, 1.82) is 5.26 Å². The topological polar surface area (TPSA) is 27.0 Å². The fourth-order valence-corrected chi connectivity index (χ4v) is 1.74. The molecule has 0 spiro atoms. The Hall–Kier alpha value is -1.33. The van der Waals surface area contributed by atoms with Gasteiger partial charge in [0.15, 0.2) is 0 Å². The Kier molecular flexibility index (Phi) is 2.03. The van der Waals surface area contributed by atoms with Crippen LogP contribution in [0.25, 0.3) is 0 Å². The van der Waals surface area contributed by atoms with Crippen LogP contribution in [0.1, 0.15) is 17.0 Å². The van der Waals surface area contributed by atoms with E-state index in [0.717, 1.165) is 18.7 Å². The Morgan fingerprint density at radius 3 is 2.38 bits per heavy atom. The molecule has 0 aromatic heterocycles. The SMILES string of the molecule is CN1CC(c2ccc(C#N)cc2)C1. The zero-order valence-electron chi connectivity index (χ0n) is 7.70. The molecule has 1 aromatic rings. The highest BCUT2D eigenvalue weighted by molar-refractivity contribution is 5.34. The number of likely N-dealkylation sites (N-methyl/N-ethyl adjacent to an activating group) is 1. The predicted molar refractivity (Wildman–Crippen MR) is 51.4 cm³/mol. The third kappa shape index (κ3) is 1.56. The van der Waals surface area contributed by atoms with Gasteiger partial charge in [-0.05, 0) is 24.7 Å². The summed E-state index contributed by atoms with van der Waals surface area (Å²) in [6.45, 7) is 2.29. The molecule has 66 valence electrons. The van der Waals surface area contributed by atoms with Gasteiger partial charge in [0.25, 0.3) is 0 Å². The van der Waals surface area contributed by atoms with E-state index in [2.05, 4.69) is 30.1 Å². The molecule has 13 heavy (non-hydrogen) atoms. The molecule has 0 unspecified atom stereocenters. The Morgan fingerprint density at radius 1 is 1.31 bits per heavy atom. The summed E-state index contributed by atoms with van der Waals surface area (Å²) in [6, 6.07) is 10.1. The quantitative estimate of drug-likeness (QED) is 0.643. The molecule has 0 bridgehead atoms. The fraction of sp³-hybridized carbons (Fsp3) is 0.364. The van der Waals surface area contributed by atoms with Crippen LogP contribution in [-0.4, -0.2) is 25.0 Å². The van der Waals surface area contributed by atoms with Crippen LogP contribution >= 0.6 is 0 Å². The van der Waals surface area contributed by atoms with Crippen molar-refractivity contribution >= 4 is 0 Å². The fourth-order valence-electron chi connectivity index (χ4n) is 1.74. The molecule has 0 aliphatic carbocycles. The van der Waals surface area contributed by atoms with E-state index in [9.17, 15) is 0 Å². The molecule has 1 aliphatic rings. The lowest BCUT2D eigenvalue weighted by molar-refractivity contribution is 0.190. The largest absolute Gasteiger partial charge is 0.305 e. The maximum atomic E-state index is 8.62. The second kappa shape index (κ2) is 3.20. The molecule has 1 aromatic carbocycles. The molecule has 1 heterocycles. The molecule has 0 amide bonds. The number of rotatable bonds is 1. The Labute approximate surface area is 78.4 Å². The highest BCUT2D eigenvalue weighted by Gasteiger charge is 2.24. The molecule has 0 N–H and O–H groups in total. The van der Waals surface area contributed by atoms with Crippen LogP contribution < -0.4 is 0 Å². The van der Waals surface area contributed by atoms with Crippen LogP contribution in [0.3, 0.4) is 0 Å². The summed E-state index contributed by atoms with van der Waals surface area (Å²) in [6.07, 6.45) is 0. The lowest BCUT2D eigenvalue weighted by atomic mass is 9.92. The lowest BCUT2D eigenvalue weighted by Gasteiger charge is -2.36. The zero-order chi connectivity index (χ0) is 9.26. The van der Waals surface area contributed by atoms with Crippen LogP contribution in [0.5, 0.6) is 0 Å². The summed E-state index contributed by atoms with van der Waals surface area (Å²) in [4.78, 5) is 2.29. The van der Waals surface area contributed by atoms with Crippen LogP contribution in [0.2, 0.25) is 0 Å². The minimum absolute atomic E-state index is 0.678. The first kappa shape index (κ1) is 8.28. The normalized spacial score (nSPS) is 17.8. The molecule has 0 saturated carbocycles. The van der Waals surface area contributed by atoms with Crippen molar-refractivity contribution in [3.8, 4) is 6.07 Å². The van der Waals surface area contributed by atoms with Crippen LogP contribution in [0.15, 0.2) is 24.3 Å². The van der Waals surface area contributed by atoms with Crippen molar-refractivity contribution in [2.75, 3.05) is 20.1 Å².